The van der Waals surface area contributed by atoms with E-state index in [2.05, 4.69) is 0 Å². The summed E-state index contributed by atoms with van der Waals surface area (Å²) in [5, 5.41) is 9.25. The number of carbonyl (C=O) groups excluding carboxylic acids is 1. The van der Waals surface area contributed by atoms with Gasteiger partial charge in [0.1, 0.15) is 5.76 Å². The quantitative estimate of drug-likeness (QED) is 0.482. The first-order chi connectivity index (χ1) is 5.20. The van der Waals surface area contributed by atoms with Crippen LogP contribution >= 0.6 is 0 Å². The second-order valence-electron chi connectivity index (χ2n) is 2.46. The Labute approximate surface area is 65.5 Å². The van der Waals surface area contributed by atoms with Gasteiger partial charge in [-0.2, -0.15) is 0 Å². The van der Waals surface area contributed by atoms with E-state index in [4.69, 9.17) is 0 Å². The van der Waals surface area contributed by atoms with Gasteiger partial charge >= 0.3 is 0 Å². The van der Waals surface area contributed by atoms with Crippen LogP contribution in [-0.4, -0.2) is 10.9 Å². The summed E-state index contributed by atoms with van der Waals surface area (Å²) >= 11 is 0. The molecule has 2 nitrogen and oxygen atoms in total. The van der Waals surface area contributed by atoms with Crippen molar-refractivity contribution >= 4 is 5.78 Å². The minimum atomic E-state index is -0.129. The average molecular weight is 150 g/mol. The van der Waals surface area contributed by atoms with Crippen molar-refractivity contribution in [3.63, 3.8) is 0 Å². The maximum atomic E-state index is 10.5. The molecule has 0 bridgehead atoms. The van der Waals surface area contributed by atoms with Crippen molar-refractivity contribution in [2.24, 2.45) is 0 Å². The maximum Gasteiger partial charge on any atom is 0.156 e. The van der Waals surface area contributed by atoms with E-state index in [1.165, 1.54) is 13.0 Å². The fourth-order valence-electron chi connectivity index (χ4n) is 0.922. The molecule has 0 atom stereocenters. The summed E-state index contributed by atoms with van der Waals surface area (Å²) in [6.07, 6.45) is 7.54. The van der Waals surface area contributed by atoms with Gasteiger partial charge in [-0.25, -0.2) is 0 Å². The van der Waals surface area contributed by atoms with E-state index >= 15 is 0 Å². The van der Waals surface area contributed by atoms with Crippen molar-refractivity contribution in [1.82, 2.24) is 0 Å². The molecule has 0 fully saturated rings. The largest absolute Gasteiger partial charge is 0.508 e. The van der Waals surface area contributed by atoms with Gasteiger partial charge < -0.3 is 5.11 Å². The van der Waals surface area contributed by atoms with Crippen LogP contribution in [0, 0.1) is 0 Å². The molecular formula is C9H10O2. The SMILES string of the molecule is CC(=O)/C=C(\O)C1=CC=CC1. The summed E-state index contributed by atoms with van der Waals surface area (Å²) in [7, 11) is 0. The predicted octanol–water partition coefficient (Wildman–Crippen LogP) is 1.90. The van der Waals surface area contributed by atoms with Gasteiger partial charge in [0.2, 0.25) is 0 Å². The molecule has 2 heteroatoms. The van der Waals surface area contributed by atoms with Crippen molar-refractivity contribution < 1.29 is 9.90 Å². The molecule has 0 amide bonds. The molecule has 1 aliphatic rings. The Balaban J connectivity index is 2.69. The molecule has 0 aliphatic heterocycles. The number of allylic oxidation sites excluding steroid dienone is 5. The van der Waals surface area contributed by atoms with Gasteiger partial charge in [0.05, 0.1) is 0 Å². The molecule has 58 valence electrons. The number of hydrogen-bond donors (Lipinski definition) is 1. The molecule has 0 saturated heterocycles. The van der Waals surface area contributed by atoms with Crippen molar-refractivity contribution in [3.05, 3.63) is 35.6 Å². The first-order valence-electron chi connectivity index (χ1n) is 3.47. The Bertz CT molecular complexity index is 257. The summed E-state index contributed by atoms with van der Waals surface area (Å²) in [5.41, 5.74) is 0.806. The van der Waals surface area contributed by atoms with Gasteiger partial charge in [-0.3, -0.25) is 4.79 Å². The molecule has 1 aliphatic carbocycles. The number of rotatable bonds is 2. The van der Waals surface area contributed by atoms with E-state index < -0.39 is 0 Å². The Kier molecular flexibility index (Phi) is 2.26. The number of hydrogen-bond acceptors (Lipinski definition) is 2. The summed E-state index contributed by atoms with van der Waals surface area (Å²) in [4.78, 5) is 10.5. The predicted molar refractivity (Wildman–Crippen MR) is 43.2 cm³/mol. The van der Waals surface area contributed by atoms with Crippen molar-refractivity contribution in [3.8, 4) is 0 Å². The Morgan fingerprint density at radius 1 is 1.73 bits per heavy atom. The number of ketones is 1. The molecule has 11 heavy (non-hydrogen) atoms. The lowest BCUT2D eigenvalue weighted by Crippen LogP contribution is -1.90. The van der Waals surface area contributed by atoms with Crippen LogP contribution < -0.4 is 0 Å². The Morgan fingerprint density at radius 2 is 2.45 bits per heavy atom. The van der Waals surface area contributed by atoms with Crippen LogP contribution in [0.1, 0.15) is 13.3 Å². The molecular weight excluding hydrogens is 140 g/mol. The molecule has 0 heterocycles. The fraction of sp³-hybridized carbons (Fsp3) is 0.222. The fourth-order valence-corrected chi connectivity index (χ4v) is 0.922. The van der Waals surface area contributed by atoms with Crippen LogP contribution in [0.25, 0.3) is 0 Å². The van der Waals surface area contributed by atoms with E-state index in [9.17, 15) is 9.90 Å². The monoisotopic (exact) mass is 150 g/mol. The zero-order valence-electron chi connectivity index (χ0n) is 6.37. The highest BCUT2D eigenvalue weighted by Crippen LogP contribution is 2.16. The minimum Gasteiger partial charge on any atom is -0.508 e. The Morgan fingerprint density at radius 3 is 2.91 bits per heavy atom. The average Bonchev–Trinajstić information content (AvgIpc) is 2.35. The zero-order chi connectivity index (χ0) is 8.27. The van der Waals surface area contributed by atoms with Gasteiger partial charge in [-0.05, 0) is 18.9 Å². The van der Waals surface area contributed by atoms with Gasteiger partial charge in [0, 0.05) is 6.08 Å². The van der Waals surface area contributed by atoms with E-state index in [1.54, 1.807) is 6.08 Å². The third-order valence-electron chi connectivity index (χ3n) is 1.44. The van der Waals surface area contributed by atoms with Gasteiger partial charge in [-0.1, -0.05) is 18.2 Å². The highest BCUT2D eigenvalue weighted by molar-refractivity contribution is 5.88. The lowest BCUT2D eigenvalue weighted by Gasteiger charge is -1.97. The number of carbonyl (C=O) groups is 1. The molecule has 1 N–H and O–H groups in total. The maximum absolute atomic E-state index is 10.5. The van der Waals surface area contributed by atoms with E-state index in [0.717, 1.165) is 12.0 Å². The summed E-state index contributed by atoms with van der Waals surface area (Å²) in [6, 6.07) is 0. The highest BCUT2D eigenvalue weighted by Gasteiger charge is 2.04. The number of aliphatic hydroxyl groups excluding tert-OH is 1. The summed E-state index contributed by atoms with van der Waals surface area (Å²) in [6.45, 7) is 1.42. The smallest absolute Gasteiger partial charge is 0.156 e. The standard InChI is InChI=1S/C9H10O2/c1-7(10)6-9(11)8-4-2-3-5-8/h2-4,6,11H,5H2,1H3/b9-6-. The van der Waals surface area contributed by atoms with Gasteiger partial charge in [0.25, 0.3) is 0 Å². The van der Waals surface area contributed by atoms with E-state index in [1.807, 2.05) is 12.2 Å². The number of aliphatic hydroxyl groups is 1. The van der Waals surface area contributed by atoms with Crippen LogP contribution in [0.15, 0.2) is 35.6 Å². The lowest BCUT2D eigenvalue weighted by molar-refractivity contribution is -0.112. The summed E-state index contributed by atoms with van der Waals surface area (Å²) < 4.78 is 0. The van der Waals surface area contributed by atoms with E-state index in [-0.39, 0.29) is 11.5 Å². The van der Waals surface area contributed by atoms with Crippen LogP contribution in [0.4, 0.5) is 0 Å². The second kappa shape index (κ2) is 3.19. The molecule has 0 aromatic rings. The first kappa shape index (κ1) is 7.79. The second-order valence-corrected chi connectivity index (χ2v) is 2.46. The topological polar surface area (TPSA) is 37.3 Å². The molecule has 0 spiro atoms. The first-order valence-corrected chi connectivity index (χ1v) is 3.47. The third kappa shape index (κ3) is 2.08. The van der Waals surface area contributed by atoms with Crippen LogP contribution in [-0.2, 0) is 4.79 Å². The van der Waals surface area contributed by atoms with Crippen LogP contribution in [0.5, 0.6) is 0 Å². The van der Waals surface area contributed by atoms with Gasteiger partial charge in [0.15, 0.2) is 5.78 Å². The minimum absolute atomic E-state index is 0.0856. The zero-order valence-corrected chi connectivity index (χ0v) is 6.37. The summed E-state index contributed by atoms with van der Waals surface area (Å²) in [5.74, 6) is -0.0437. The lowest BCUT2D eigenvalue weighted by atomic mass is 10.2. The molecule has 0 saturated carbocycles. The van der Waals surface area contributed by atoms with Crippen LogP contribution in [0.2, 0.25) is 0 Å². The normalized spacial score (nSPS) is 16.8. The van der Waals surface area contributed by atoms with Crippen LogP contribution in [0.3, 0.4) is 0 Å². The Hall–Kier alpha value is -1.31. The highest BCUT2D eigenvalue weighted by atomic mass is 16.3. The van der Waals surface area contributed by atoms with Crippen molar-refractivity contribution in [1.29, 1.82) is 0 Å². The third-order valence-corrected chi connectivity index (χ3v) is 1.44. The van der Waals surface area contributed by atoms with Gasteiger partial charge in [-0.15, -0.1) is 0 Å². The molecule has 0 radical (unpaired) electrons. The molecule has 0 aromatic carbocycles. The molecule has 0 unspecified atom stereocenters. The molecule has 1 rings (SSSR count). The van der Waals surface area contributed by atoms with E-state index in [0.29, 0.717) is 0 Å². The van der Waals surface area contributed by atoms with Crippen molar-refractivity contribution in [2.45, 2.75) is 13.3 Å². The van der Waals surface area contributed by atoms with Crippen molar-refractivity contribution in [2.75, 3.05) is 0 Å². The molecule has 0 aromatic heterocycles.